The normalized spacial score (nSPS) is 16.2. The summed E-state index contributed by atoms with van der Waals surface area (Å²) in [6.07, 6.45) is 3.65. The molecule has 2 heterocycles. The van der Waals surface area contributed by atoms with Crippen LogP contribution in [0.15, 0.2) is 17.3 Å². The Morgan fingerprint density at radius 1 is 1.39 bits per heavy atom. The van der Waals surface area contributed by atoms with Gasteiger partial charge in [-0.1, -0.05) is 0 Å². The molecule has 0 unspecified atom stereocenters. The van der Waals surface area contributed by atoms with E-state index >= 15 is 0 Å². The minimum atomic E-state index is -0.458. The number of rotatable bonds is 5. The lowest BCUT2D eigenvalue weighted by molar-refractivity contribution is 0.0214. The number of hydrogen-bond acceptors (Lipinski definition) is 4. The third kappa shape index (κ3) is 6.42. The van der Waals surface area contributed by atoms with Gasteiger partial charge in [0.1, 0.15) is 5.60 Å². The van der Waals surface area contributed by atoms with Gasteiger partial charge >= 0.3 is 6.09 Å². The van der Waals surface area contributed by atoms with E-state index in [0.29, 0.717) is 19.0 Å². The number of aromatic nitrogens is 2. The molecular weight excluding hydrogens is 356 g/mol. The van der Waals surface area contributed by atoms with E-state index in [9.17, 15) is 4.79 Å². The molecule has 8 heteroatoms. The van der Waals surface area contributed by atoms with Crippen molar-refractivity contribution in [1.29, 1.82) is 0 Å². The van der Waals surface area contributed by atoms with Crippen molar-refractivity contribution in [2.45, 2.75) is 52.7 Å². The molecule has 0 bridgehead atoms. The Morgan fingerprint density at radius 2 is 2.07 bits per heavy atom. The summed E-state index contributed by atoms with van der Waals surface area (Å²) in [5.74, 6) is 1.40. The van der Waals surface area contributed by atoms with Crippen molar-refractivity contribution in [3.63, 3.8) is 0 Å². The molecule has 28 heavy (non-hydrogen) atoms. The summed E-state index contributed by atoms with van der Waals surface area (Å²) in [7, 11) is 3.76. The SMILES string of the molecule is CCN(CC1CCN(C(=NC)NCc2ccnn2C)CC1)C(=O)OC(C)(C)C. The van der Waals surface area contributed by atoms with Gasteiger partial charge in [0.2, 0.25) is 0 Å². The van der Waals surface area contributed by atoms with Gasteiger partial charge in [0.15, 0.2) is 5.96 Å². The Hall–Kier alpha value is -2.25. The molecular formula is C20H36N6O2. The van der Waals surface area contributed by atoms with Gasteiger partial charge in [-0.2, -0.15) is 5.10 Å². The second-order valence-electron chi connectivity index (χ2n) is 8.30. The van der Waals surface area contributed by atoms with Crippen molar-refractivity contribution in [3.05, 3.63) is 18.0 Å². The summed E-state index contributed by atoms with van der Waals surface area (Å²) in [4.78, 5) is 20.9. The highest BCUT2D eigenvalue weighted by atomic mass is 16.6. The van der Waals surface area contributed by atoms with Crippen LogP contribution in [0.2, 0.25) is 0 Å². The molecule has 0 spiro atoms. The first-order valence-corrected chi connectivity index (χ1v) is 10.1. The average molecular weight is 393 g/mol. The van der Waals surface area contributed by atoms with Crippen molar-refractivity contribution in [2.24, 2.45) is 18.0 Å². The molecule has 8 nitrogen and oxygen atoms in total. The number of carbonyl (C=O) groups is 1. The van der Waals surface area contributed by atoms with Crippen molar-refractivity contribution < 1.29 is 9.53 Å². The number of piperidine rings is 1. The zero-order valence-electron chi connectivity index (χ0n) is 18.2. The Kier molecular flexibility index (Phi) is 7.71. The number of hydrogen-bond donors (Lipinski definition) is 1. The van der Waals surface area contributed by atoms with Crippen LogP contribution in [0.5, 0.6) is 0 Å². The third-order valence-electron chi connectivity index (χ3n) is 4.99. The predicted octanol–water partition coefficient (Wildman–Crippen LogP) is 2.46. The van der Waals surface area contributed by atoms with E-state index in [1.165, 1.54) is 0 Å². The largest absolute Gasteiger partial charge is 0.444 e. The summed E-state index contributed by atoms with van der Waals surface area (Å²) < 4.78 is 7.39. The molecule has 1 N–H and O–H groups in total. The Balaban J connectivity index is 1.82. The monoisotopic (exact) mass is 392 g/mol. The van der Waals surface area contributed by atoms with E-state index in [-0.39, 0.29) is 6.09 Å². The molecule has 1 amide bonds. The molecule has 0 atom stereocenters. The van der Waals surface area contributed by atoms with Gasteiger partial charge in [-0.25, -0.2) is 4.79 Å². The maximum Gasteiger partial charge on any atom is 0.410 e. The molecule has 0 radical (unpaired) electrons. The summed E-state index contributed by atoms with van der Waals surface area (Å²) in [6.45, 7) is 11.7. The first-order valence-electron chi connectivity index (χ1n) is 10.1. The third-order valence-corrected chi connectivity index (χ3v) is 4.99. The summed E-state index contributed by atoms with van der Waals surface area (Å²) in [6, 6.07) is 2.00. The smallest absolute Gasteiger partial charge is 0.410 e. The highest BCUT2D eigenvalue weighted by molar-refractivity contribution is 5.79. The van der Waals surface area contributed by atoms with E-state index < -0.39 is 5.60 Å². The molecule has 1 fully saturated rings. The van der Waals surface area contributed by atoms with Gasteiger partial charge in [0.25, 0.3) is 0 Å². The van der Waals surface area contributed by atoms with Gasteiger partial charge in [-0.05, 0) is 52.5 Å². The quantitative estimate of drug-likeness (QED) is 0.615. The van der Waals surface area contributed by atoms with E-state index in [1.54, 1.807) is 6.20 Å². The van der Waals surface area contributed by atoms with Crippen molar-refractivity contribution in [2.75, 3.05) is 33.2 Å². The van der Waals surface area contributed by atoms with Crippen LogP contribution >= 0.6 is 0 Å². The van der Waals surface area contributed by atoms with Gasteiger partial charge in [-0.3, -0.25) is 9.67 Å². The number of aliphatic imine (C=N–C) groups is 1. The molecule has 0 aromatic carbocycles. The van der Waals surface area contributed by atoms with Crippen molar-refractivity contribution in [3.8, 4) is 0 Å². The fourth-order valence-electron chi connectivity index (χ4n) is 3.37. The Labute approximate surface area is 168 Å². The number of likely N-dealkylation sites (tertiary alicyclic amines) is 1. The molecule has 0 saturated carbocycles. The van der Waals surface area contributed by atoms with Crippen molar-refractivity contribution >= 4 is 12.1 Å². The second kappa shape index (κ2) is 9.80. The molecule has 158 valence electrons. The van der Waals surface area contributed by atoms with Crippen LogP contribution in [-0.4, -0.2) is 70.5 Å². The van der Waals surface area contributed by atoms with Crippen LogP contribution in [0.4, 0.5) is 4.79 Å². The topological polar surface area (TPSA) is 75.0 Å². The molecule has 1 aliphatic heterocycles. The van der Waals surface area contributed by atoms with E-state index in [0.717, 1.165) is 44.1 Å². The van der Waals surface area contributed by atoms with E-state index in [2.05, 4.69) is 20.3 Å². The molecule has 0 aliphatic carbocycles. The lowest BCUT2D eigenvalue weighted by atomic mass is 9.96. The molecule has 1 aliphatic rings. The zero-order valence-corrected chi connectivity index (χ0v) is 18.2. The van der Waals surface area contributed by atoms with Gasteiger partial charge < -0.3 is 19.9 Å². The maximum absolute atomic E-state index is 12.4. The number of aryl methyl sites for hydroxylation is 1. The van der Waals surface area contributed by atoms with Gasteiger partial charge in [-0.15, -0.1) is 0 Å². The first kappa shape index (κ1) is 22.0. The molecule has 2 rings (SSSR count). The van der Waals surface area contributed by atoms with Gasteiger partial charge in [0, 0.05) is 46.5 Å². The van der Waals surface area contributed by atoms with E-state index in [1.807, 2.05) is 57.4 Å². The Bertz CT molecular complexity index is 656. The second-order valence-corrected chi connectivity index (χ2v) is 8.30. The lowest BCUT2D eigenvalue weighted by Crippen LogP contribution is -2.47. The van der Waals surface area contributed by atoms with Crippen LogP contribution in [0.25, 0.3) is 0 Å². The number of carbonyl (C=O) groups excluding carboxylic acids is 1. The standard InChI is InChI=1S/C20H36N6O2/c1-7-25(19(27)28-20(2,3)4)15-16-9-12-26(13-10-16)18(21-5)22-14-17-8-11-23-24(17)6/h8,11,16H,7,9-10,12-15H2,1-6H3,(H,21,22). The fraction of sp³-hybridized carbons (Fsp3) is 0.750. The lowest BCUT2D eigenvalue weighted by Gasteiger charge is -2.36. The number of nitrogens with one attached hydrogen (secondary N) is 1. The fourth-order valence-corrected chi connectivity index (χ4v) is 3.37. The van der Waals surface area contributed by atoms with Crippen LogP contribution in [-0.2, 0) is 18.3 Å². The Morgan fingerprint density at radius 3 is 2.57 bits per heavy atom. The summed E-state index contributed by atoms with van der Waals surface area (Å²) >= 11 is 0. The zero-order chi connectivity index (χ0) is 20.7. The predicted molar refractivity (Wildman–Crippen MR) is 111 cm³/mol. The van der Waals surface area contributed by atoms with Crippen LogP contribution in [0.3, 0.4) is 0 Å². The highest BCUT2D eigenvalue weighted by Crippen LogP contribution is 2.20. The summed E-state index contributed by atoms with van der Waals surface area (Å²) in [5, 5.41) is 7.62. The average Bonchev–Trinajstić information content (AvgIpc) is 3.04. The highest BCUT2D eigenvalue weighted by Gasteiger charge is 2.27. The molecule has 1 aromatic heterocycles. The minimum Gasteiger partial charge on any atom is -0.444 e. The van der Waals surface area contributed by atoms with Gasteiger partial charge in [0.05, 0.1) is 12.2 Å². The maximum atomic E-state index is 12.4. The van der Waals surface area contributed by atoms with Crippen molar-refractivity contribution in [1.82, 2.24) is 24.9 Å². The summed E-state index contributed by atoms with van der Waals surface area (Å²) in [5.41, 5.74) is 0.659. The number of guanidine groups is 1. The molecule has 1 aromatic rings. The molecule has 1 saturated heterocycles. The number of ether oxygens (including phenoxy) is 1. The van der Waals surface area contributed by atoms with E-state index in [4.69, 9.17) is 4.74 Å². The van der Waals surface area contributed by atoms with Crippen LogP contribution in [0.1, 0.15) is 46.2 Å². The number of amides is 1. The van der Waals surface area contributed by atoms with Crippen LogP contribution in [0, 0.1) is 5.92 Å². The minimum absolute atomic E-state index is 0.217. The first-order chi connectivity index (χ1) is 13.2. The number of nitrogens with zero attached hydrogens (tertiary/aromatic N) is 5. The van der Waals surface area contributed by atoms with Crippen LogP contribution < -0.4 is 5.32 Å².